The van der Waals surface area contributed by atoms with Gasteiger partial charge in [0.15, 0.2) is 0 Å². The zero-order chi connectivity index (χ0) is 14.9. The van der Waals surface area contributed by atoms with Crippen LogP contribution in [-0.4, -0.2) is 34.6 Å². The van der Waals surface area contributed by atoms with Crippen molar-refractivity contribution in [3.63, 3.8) is 0 Å². The summed E-state index contributed by atoms with van der Waals surface area (Å²) in [6, 6.07) is 10.6. The van der Waals surface area contributed by atoms with E-state index < -0.39 is 0 Å². The van der Waals surface area contributed by atoms with Gasteiger partial charge in [0.05, 0.1) is 0 Å². The summed E-state index contributed by atoms with van der Waals surface area (Å²) < 4.78 is 2.06. The molecule has 112 valence electrons. The highest BCUT2D eigenvalue weighted by Gasteiger charge is 2.02. The number of nitrogens with zero attached hydrogens (tertiary/aromatic N) is 3. The van der Waals surface area contributed by atoms with Crippen molar-refractivity contribution < 1.29 is 0 Å². The lowest BCUT2D eigenvalue weighted by Crippen LogP contribution is -2.21. The lowest BCUT2D eigenvalue weighted by molar-refractivity contribution is 0.325. The molecule has 2 aromatic rings. The van der Waals surface area contributed by atoms with Gasteiger partial charge in [-0.25, -0.2) is 4.98 Å². The summed E-state index contributed by atoms with van der Waals surface area (Å²) in [7, 11) is 2.16. The SMILES string of the molecule is C=CCn1ccnc1NCCCN(C)Cc1ccccc1. The average Bonchev–Trinajstić information content (AvgIpc) is 2.92. The zero-order valence-corrected chi connectivity index (χ0v) is 12.7. The van der Waals surface area contributed by atoms with E-state index in [1.54, 1.807) is 0 Å². The molecule has 21 heavy (non-hydrogen) atoms. The van der Waals surface area contributed by atoms with Gasteiger partial charge in [-0.3, -0.25) is 0 Å². The summed E-state index contributed by atoms with van der Waals surface area (Å²) >= 11 is 0. The van der Waals surface area contributed by atoms with E-state index in [-0.39, 0.29) is 0 Å². The van der Waals surface area contributed by atoms with Crippen LogP contribution in [0.3, 0.4) is 0 Å². The topological polar surface area (TPSA) is 33.1 Å². The molecule has 1 N–H and O–H groups in total. The Morgan fingerprint density at radius 1 is 1.33 bits per heavy atom. The van der Waals surface area contributed by atoms with Gasteiger partial charge < -0.3 is 14.8 Å². The van der Waals surface area contributed by atoms with E-state index in [0.717, 1.165) is 38.5 Å². The Bertz CT molecular complexity index is 533. The first-order valence-corrected chi connectivity index (χ1v) is 7.38. The zero-order valence-electron chi connectivity index (χ0n) is 12.7. The molecule has 0 fully saturated rings. The Kier molecular flexibility index (Phi) is 6.03. The van der Waals surface area contributed by atoms with Gasteiger partial charge in [-0.2, -0.15) is 0 Å². The minimum absolute atomic E-state index is 0.788. The number of benzene rings is 1. The minimum Gasteiger partial charge on any atom is -0.356 e. The number of rotatable bonds is 9. The fourth-order valence-corrected chi connectivity index (χ4v) is 2.29. The third-order valence-electron chi connectivity index (χ3n) is 3.34. The Morgan fingerprint density at radius 2 is 2.14 bits per heavy atom. The number of anilines is 1. The van der Waals surface area contributed by atoms with Crippen LogP contribution in [0.1, 0.15) is 12.0 Å². The normalized spacial score (nSPS) is 10.8. The van der Waals surface area contributed by atoms with Gasteiger partial charge in [-0.15, -0.1) is 6.58 Å². The summed E-state index contributed by atoms with van der Waals surface area (Å²) in [6.45, 7) is 7.52. The van der Waals surface area contributed by atoms with Crippen molar-refractivity contribution in [3.8, 4) is 0 Å². The molecule has 0 atom stereocenters. The molecule has 4 nitrogen and oxygen atoms in total. The van der Waals surface area contributed by atoms with Gasteiger partial charge in [0.25, 0.3) is 0 Å². The number of aromatic nitrogens is 2. The number of hydrogen-bond donors (Lipinski definition) is 1. The van der Waals surface area contributed by atoms with E-state index in [0.29, 0.717) is 0 Å². The largest absolute Gasteiger partial charge is 0.356 e. The lowest BCUT2D eigenvalue weighted by atomic mass is 10.2. The highest BCUT2D eigenvalue weighted by molar-refractivity contribution is 5.25. The molecule has 0 spiro atoms. The molecule has 0 bridgehead atoms. The molecule has 0 unspecified atom stereocenters. The van der Waals surface area contributed by atoms with Crippen LogP contribution in [0.25, 0.3) is 0 Å². The summed E-state index contributed by atoms with van der Waals surface area (Å²) in [4.78, 5) is 6.65. The molecule has 1 aromatic heterocycles. The van der Waals surface area contributed by atoms with Crippen LogP contribution in [0.4, 0.5) is 5.95 Å². The van der Waals surface area contributed by atoms with Crippen LogP contribution in [0.5, 0.6) is 0 Å². The van der Waals surface area contributed by atoms with Gasteiger partial charge in [-0.05, 0) is 25.6 Å². The summed E-state index contributed by atoms with van der Waals surface area (Å²) in [6.07, 6.45) is 6.74. The molecular weight excluding hydrogens is 260 g/mol. The summed E-state index contributed by atoms with van der Waals surface area (Å²) in [5, 5.41) is 3.37. The smallest absolute Gasteiger partial charge is 0.203 e. The van der Waals surface area contributed by atoms with Crippen LogP contribution in [0.15, 0.2) is 55.4 Å². The van der Waals surface area contributed by atoms with Crippen molar-refractivity contribution in [2.75, 3.05) is 25.5 Å². The molecule has 1 heterocycles. The van der Waals surface area contributed by atoms with Crippen molar-refractivity contribution in [2.24, 2.45) is 0 Å². The van der Waals surface area contributed by atoms with E-state index in [4.69, 9.17) is 0 Å². The summed E-state index contributed by atoms with van der Waals surface area (Å²) in [5.41, 5.74) is 1.36. The molecule has 0 aliphatic heterocycles. The monoisotopic (exact) mass is 284 g/mol. The van der Waals surface area contributed by atoms with Crippen LogP contribution >= 0.6 is 0 Å². The molecule has 0 aliphatic rings. The minimum atomic E-state index is 0.788. The van der Waals surface area contributed by atoms with E-state index >= 15 is 0 Å². The first-order valence-electron chi connectivity index (χ1n) is 7.38. The lowest BCUT2D eigenvalue weighted by Gasteiger charge is -2.17. The maximum Gasteiger partial charge on any atom is 0.203 e. The van der Waals surface area contributed by atoms with E-state index in [9.17, 15) is 0 Å². The first kappa shape index (κ1) is 15.3. The Balaban J connectivity index is 1.67. The second kappa shape index (κ2) is 8.27. The Labute approximate surface area is 127 Å². The van der Waals surface area contributed by atoms with Gasteiger partial charge in [0.1, 0.15) is 0 Å². The van der Waals surface area contributed by atoms with E-state index in [2.05, 4.69) is 63.7 Å². The molecule has 4 heteroatoms. The van der Waals surface area contributed by atoms with Crippen LogP contribution in [0.2, 0.25) is 0 Å². The standard InChI is InChI=1S/C17H24N4/c1-3-12-21-14-11-19-17(21)18-10-7-13-20(2)15-16-8-5-4-6-9-16/h3-6,8-9,11,14H,1,7,10,12-13,15H2,2H3,(H,18,19). The highest BCUT2D eigenvalue weighted by Crippen LogP contribution is 2.05. The second-order valence-electron chi connectivity index (χ2n) is 5.20. The third kappa shape index (κ3) is 5.08. The maximum atomic E-state index is 4.31. The molecular formula is C17H24N4. The highest BCUT2D eigenvalue weighted by atomic mass is 15.2. The van der Waals surface area contributed by atoms with Crippen molar-refractivity contribution in [2.45, 2.75) is 19.5 Å². The number of hydrogen-bond acceptors (Lipinski definition) is 3. The van der Waals surface area contributed by atoms with Gasteiger partial charge in [0.2, 0.25) is 5.95 Å². The van der Waals surface area contributed by atoms with E-state index in [1.165, 1.54) is 5.56 Å². The van der Waals surface area contributed by atoms with E-state index in [1.807, 2.05) is 18.5 Å². The van der Waals surface area contributed by atoms with Crippen LogP contribution < -0.4 is 5.32 Å². The second-order valence-corrected chi connectivity index (χ2v) is 5.20. The van der Waals surface area contributed by atoms with Crippen LogP contribution in [0, 0.1) is 0 Å². The third-order valence-corrected chi connectivity index (χ3v) is 3.34. The molecule has 2 rings (SSSR count). The number of allylic oxidation sites excluding steroid dienone is 1. The number of nitrogens with one attached hydrogen (secondary N) is 1. The van der Waals surface area contributed by atoms with Crippen molar-refractivity contribution in [1.29, 1.82) is 0 Å². The predicted octanol–water partition coefficient (Wildman–Crippen LogP) is 3.00. The fraction of sp³-hybridized carbons (Fsp3) is 0.353. The quantitative estimate of drug-likeness (QED) is 0.567. The van der Waals surface area contributed by atoms with Gasteiger partial charge in [-0.1, -0.05) is 36.4 Å². The molecule has 0 amide bonds. The average molecular weight is 284 g/mol. The molecule has 0 saturated heterocycles. The van der Waals surface area contributed by atoms with Gasteiger partial charge >= 0.3 is 0 Å². The summed E-state index contributed by atoms with van der Waals surface area (Å²) in [5.74, 6) is 0.917. The molecule has 1 aromatic carbocycles. The Hall–Kier alpha value is -2.07. The Morgan fingerprint density at radius 3 is 2.90 bits per heavy atom. The van der Waals surface area contributed by atoms with Crippen molar-refractivity contribution in [1.82, 2.24) is 14.5 Å². The maximum absolute atomic E-state index is 4.31. The molecule has 0 saturated carbocycles. The van der Waals surface area contributed by atoms with Crippen LogP contribution in [-0.2, 0) is 13.1 Å². The molecule has 0 aliphatic carbocycles. The fourth-order valence-electron chi connectivity index (χ4n) is 2.29. The van der Waals surface area contributed by atoms with Crippen molar-refractivity contribution in [3.05, 3.63) is 60.9 Å². The molecule has 0 radical (unpaired) electrons. The predicted molar refractivity (Wildman–Crippen MR) is 88.3 cm³/mol. The van der Waals surface area contributed by atoms with Gasteiger partial charge in [0, 0.05) is 32.0 Å². The number of imidazole rings is 1. The first-order chi connectivity index (χ1) is 10.3. The van der Waals surface area contributed by atoms with Crippen molar-refractivity contribution >= 4 is 5.95 Å².